The van der Waals surface area contributed by atoms with E-state index in [4.69, 9.17) is 0 Å². The van der Waals surface area contributed by atoms with E-state index >= 15 is 0 Å². The fourth-order valence-electron chi connectivity index (χ4n) is 1.97. The molecule has 0 aromatic carbocycles. The molecule has 0 saturated carbocycles. The van der Waals surface area contributed by atoms with Crippen LogP contribution in [0.3, 0.4) is 0 Å². The number of aryl methyl sites for hydroxylation is 1. The van der Waals surface area contributed by atoms with Crippen molar-refractivity contribution in [2.75, 3.05) is 6.54 Å². The Morgan fingerprint density at radius 2 is 2.33 bits per heavy atom. The van der Waals surface area contributed by atoms with Crippen LogP contribution in [-0.4, -0.2) is 14.2 Å². The zero-order valence-corrected chi connectivity index (χ0v) is 10.6. The molecule has 5 heteroatoms. The van der Waals surface area contributed by atoms with Crippen LogP contribution in [0.25, 0.3) is 0 Å². The van der Waals surface area contributed by atoms with Crippen molar-refractivity contribution < 1.29 is 4.39 Å². The number of pyridine rings is 1. The Kier molecular flexibility index (Phi) is 3.11. The first-order valence-corrected chi connectivity index (χ1v) is 5.84. The third-order valence-corrected chi connectivity index (χ3v) is 3.88. The van der Waals surface area contributed by atoms with E-state index in [1.807, 2.05) is 0 Å². The molecule has 1 aromatic heterocycles. The molecule has 2 heterocycles. The molecular formula is C10H12FIN2O. The van der Waals surface area contributed by atoms with Crippen LogP contribution in [0.1, 0.15) is 24.4 Å². The fraction of sp³-hybridized carbons (Fsp3) is 0.500. The van der Waals surface area contributed by atoms with Gasteiger partial charge in [-0.05, 0) is 18.9 Å². The van der Waals surface area contributed by atoms with Gasteiger partial charge < -0.3 is 4.57 Å². The Morgan fingerprint density at radius 1 is 1.60 bits per heavy atom. The molecule has 0 bridgehead atoms. The summed E-state index contributed by atoms with van der Waals surface area (Å²) in [5.41, 5.74) is 0.481. The van der Waals surface area contributed by atoms with E-state index in [-0.39, 0.29) is 17.4 Å². The van der Waals surface area contributed by atoms with Crippen molar-refractivity contribution in [2.24, 2.45) is 7.05 Å². The van der Waals surface area contributed by atoms with Crippen LogP contribution in [0.4, 0.5) is 4.39 Å². The number of hydrogen-bond acceptors (Lipinski definition) is 2. The summed E-state index contributed by atoms with van der Waals surface area (Å²) in [6.45, 7) is 0.963. The molecule has 0 N–H and O–H groups in total. The third kappa shape index (κ3) is 2.08. The predicted octanol–water partition coefficient (Wildman–Crippen LogP) is 2.01. The first-order valence-electron chi connectivity index (χ1n) is 4.88. The summed E-state index contributed by atoms with van der Waals surface area (Å²) >= 11 is 2.20. The highest BCUT2D eigenvalue weighted by Crippen LogP contribution is 2.32. The highest BCUT2D eigenvalue weighted by Gasteiger charge is 2.26. The average Bonchev–Trinajstić information content (AvgIpc) is 2.58. The second kappa shape index (κ2) is 4.21. The third-order valence-electron chi connectivity index (χ3n) is 2.72. The molecule has 0 amide bonds. The minimum Gasteiger partial charge on any atom is -0.315 e. The van der Waals surface area contributed by atoms with Crippen molar-refractivity contribution in [1.82, 2.24) is 7.68 Å². The molecule has 1 aromatic rings. The number of aromatic nitrogens is 1. The minimum absolute atomic E-state index is 0.0694. The highest BCUT2D eigenvalue weighted by molar-refractivity contribution is 14.1. The first kappa shape index (κ1) is 11.1. The van der Waals surface area contributed by atoms with E-state index in [2.05, 4.69) is 26.0 Å². The molecule has 0 aliphatic carbocycles. The molecule has 1 aliphatic rings. The summed E-state index contributed by atoms with van der Waals surface area (Å²) in [4.78, 5) is 11.8. The minimum atomic E-state index is -0.344. The van der Waals surface area contributed by atoms with E-state index in [0.717, 1.165) is 19.4 Å². The van der Waals surface area contributed by atoms with Crippen molar-refractivity contribution in [3.05, 3.63) is 34.0 Å². The second-order valence-electron chi connectivity index (χ2n) is 3.81. The van der Waals surface area contributed by atoms with Gasteiger partial charge in [-0.2, -0.15) is 0 Å². The van der Waals surface area contributed by atoms with Crippen LogP contribution in [0.2, 0.25) is 0 Å². The van der Waals surface area contributed by atoms with Crippen LogP contribution in [0.15, 0.2) is 17.1 Å². The van der Waals surface area contributed by atoms with Crippen LogP contribution >= 0.6 is 22.9 Å². The van der Waals surface area contributed by atoms with Crippen LogP contribution < -0.4 is 5.56 Å². The standard InChI is InChI=1S/C10H12FIN2O/c1-13-6-7(11)5-8(10(13)15)9-3-2-4-14(9)12/h5-6,9H,2-4H2,1H3. The Hall–Kier alpha value is -0.430. The Labute approximate surface area is 101 Å². The van der Waals surface area contributed by atoms with Crippen molar-refractivity contribution in [3.63, 3.8) is 0 Å². The highest BCUT2D eigenvalue weighted by atomic mass is 127. The van der Waals surface area contributed by atoms with Gasteiger partial charge in [0.1, 0.15) is 5.82 Å². The maximum absolute atomic E-state index is 13.2. The molecule has 1 fully saturated rings. The van der Waals surface area contributed by atoms with E-state index in [1.54, 1.807) is 7.05 Å². The first-order chi connectivity index (χ1) is 7.09. The van der Waals surface area contributed by atoms with Gasteiger partial charge in [0.2, 0.25) is 0 Å². The van der Waals surface area contributed by atoms with Gasteiger partial charge in [-0.15, -0.1) is 0 Å². The second-order valence-corrected chi connectivity index (χ2v) is 5.05. The predicted molar refractivity (Wildman–Crippen MR) is 64.3 cm³/mol. The smallest absolute Gasteiger partial charge is 0.255 e. The monoisotopic (exact) mass is 322 g/mol. The Bertz CT molecular complexity index is 432. The van der Waals surface area contributed by atoms with Crippen LogP contribution in [0.5, 0.6) is 0 Å². The average molecular weight is 322 g/mol. The lowest BCUT2D eigenvalue weighted by Crippen LogP contribution is -2.26. The number of halogens is 2. The Balaban J connectivity index is 2.47. The van der Waals surface area contributed by atoms with Gasteiger partial charge in [-0.25, -0.2) is 7.50 Å². The Morgan fingerprint density at radius 3 is 2.93 bits per heavy atom. The van der Waals surface area contributed by atoms with Gasteiger partial charge in [0.05, 0.1) is 0 Å². The fourth-order valence-corrected chi connectivity index (χ4v) is 2.89. The van der Waals surface area contributed by atoms with Gasteiger partial charge in [-0.3, -0.25) is 4.79 Å². The van der Waals surface area contributed by atoms with Crippen molar-refractivity contribution in [3.8, 4) is 0 Å². The number of rotatable bonds is 1. The lowest BCUT2D eigenvalue weighted by atomic mass is 10.1. The molecular weight excluding hydrogens is 310 g/mol. The lowest BCUT2D eigenvalue weighted by molar-refractivity contribution is 0.476. The zero-order chi connectivity index (χ0) is 11.0. The van der Waals surface area contributed by atoms with Crippen LogP contribution in [-0.2, 0) is 7.05 Å². The molecule has 2 rings (SSSR count). The molecule has 1 saturated heterocycles. The molecule has 82 valence electrons. The topological polar surface area (TPSA) is 25.2 Å². The summed E-state index contributed by atoms with van der Waals surface area (Å²) in [5.74, 6) is -0.344. The SMILES string of the molecule is Cn1cc(F)cc(C2CCCN2I)c1=O. The molecule has 1 unspecified atom stereocenters. The molecule has 0 spiro atoms. The summed E-state index contributed by atoms with van der Waals surface area (Å²) in [5, 5.41) is 0. The maximum atomic E-state index is 13.2. The lowest BCUT2D eigenvalue weighted by Gasteiger charge is -2.17. The molecule has 0 radical (unpaired) electrons. The number of hydrogen-bond donors (Lipinski definition) is 0. The molecule has 3 nitrogen and oxygen atoms in total. The molecule has 1 aliphatic heterocycles. The van der Waals surface area contributed by atoms with Gasteiger partial charge >= 0.3 is 0 Å². The van der Waals surface area contributed by atoms with Gasteiger partial charge in [0.15, 0.2) is 0 Å². The quantitative estimate of drug-likeness (QED) is 0.584. The molecule has 1 atom stereocenters. The van der Waals surface area contributed by atoms with Crippen molar-refractivity contribution >= 4 is 22.9 Å². The van der Waals surface area contributed by atoms with Crippen LogP contribution in [0, 0.1) is 5.82 Å². The molecule has 15 heavy (non-hydrogen) atoms. The van der Waals surface area contributed by atoms with Gasteiger partial charge in [-0.1, -0.05) is 0 Å². The normalized spacial score (nSPS) is 22.2. The maximum Gasteiger partial charge on any atom is 0.255 e. The van der Waals surface area contributed by atoms with Gasteiger partial charge in [0, 0.05) is 54.3 Å². The van der Waals surface area contributed by atoms with E-state index in [0.29, 0.717) is 5.56 Å². The largest absolute Gasteiger partial charge is 0.315 e. The number of nitrogens with zero attached hydrogens (tertiary/aromatic N) is 2. The summed E-state index contributed by atoms with van der Waals surface area (Å²) in [6.07, 6.45) is 3.22. The van der Waals surface area contributed by atoms with E-state index in [9.17, 15) is 9.18 Å². The summed E-state index contributed by atoms with van der Waals surface area (Å²) in [6, 6.07) is 1.43. The van der Waals surface area contributed by atoms with E-state index in [1.165, 1.54) is 16.8 Å². The van der Waals surface area contributed by atoms with Crippen molar-refractivity contribution in [1.29, 1.82) is 0 Å². The van der Waals surface area contributed by atoms with E-state index < -0.39 is 0 Å². The summed E-state index contributed by atoms with van der Waals surface area (Å²) in [7, 11) is 1.58. The summed E-state index contributed by atoms with van der Waals surface area (Å²) < 4.78 is 16.6. The zero-order valence-electron chi connectivity index (χ0n) is 8.41. The van der Waals surface area contributed by atoms with Gasteiger partial charge in [0.25, 0.3) is 5.56 Å². The van der Waals surface area contributed by atoms with Crippen molar-refractivity contribution in [2.45, 2.75) is 18.9 Å².